The molecule has 1 saturated heterocycles. The lowest BCUT2D eigenvalue weighted by molar-refractivity contribution is 0.0807. The molecule has 1 aromatic heterocycles. The van der Waals surface area contributed by atoms with Gasteiger partial charge in [-0.2, -0.15) is 0 Å². The van der Waals surface area contributed by atoms with E-state index in [1.807, 2.05) is 30.3 Å². The number of hydrogen-bond acceptors (Lipinski definition) is 4. The van der Waals surface area contributed by atoms with Crippen molar-refractivity contribution in [1.82, 2.24) is 14.5 Å². The van der Waals surface area contributed by atoms with E-state index in [4.69, 9.17) is 4.98 Å². The molecule has 2 heterocycles. The quantitative estimate of drug-likeness (QED) is 0.442. The topological polar surface area (TPSA) is 38.1 Å². The first-order valence-corrected chi connectivity index (χ1v) is 11.3. The molecular formula is C23H27N3OS. The minimum atomic E-state index is 0.0772. The summed E-state index contributed by atoms with van der Waals surface area (Å²) in [6, 6.07) is 16.4. The smallest absolute Gasteiger partial charge is 0.167 e. The molecule has 5 heteroatoms. The van der Waals surface area contributed by atoms with Crippen LogP contribution in [0.2, 0.25) is 0 Å². The van der Waals surface area contributed by atoms with Crippen molar-refractivity contribution in [2.75, 3.05) is 19.3 Å². The summed E-state index contributed by atoms with van der Waals surface area (Å²) >= 11 is 1.70. The number of nitrogens with zero attached hydrogens (tertiary/aromatic N) is 3. The Labute approximate surface area is 170 Å². The maximum absolute atomic E-state index is 13.0. The highest BCUT2D eigenvalue weighted by Crippen LogP contribution is 2.25. The molecule has 1 atom stereocenters. The van der Waals surface area contributed by atoms with Gasteiger partial charge in [0.1, 0.15) is 5.82 Å². The first kappa shape index (κ1) is 19.2. The van der Waals surface area contributed by atoms with E-state index in [9.17, 15) is 4.79 Å². The summed E-state index contributed by atoms with van der Waals surface area (Å²) in [7, 11) is 0. The molecule has 0 N–H and O–H groups in total. The monoisotopic (exact) mass is 393 g/mol. The summed E-state index contributed by atoms with van der Waals surface area (Å²) in [5.74, 6) is 1.45. The van der Waals surface area contributed by atoms with Gasteiger partial charge in [-0.1, -0.05) is 24.3 Å². The van der Waals surface area contributed by atoms with Gasteiger partial charge in [0.25, 0.3) is 0 Å². The molecule has 1 aliphatic rings. The molecule has 0 radical (unpaired) electrons. The van der Waals surface area contributed by atoms with E-state index in [2.05, 4.69) is 40.8 Å². The number of piperidine rings is 1. The number of carbonyl (C=O) groups excluding carboxylic acids is 1. The average molecular weight is 394 g/mol. The maximum atomic E-state index is 13.0. The van der Waals surface area contributed by atoms with Crippen LogP contribution in [0.25, 0.3) is 11.0 Å². The van der Waals surface area contributed by atoms with E-state index in [1.54, 1.807) is 11.8 Å². The van der Waals surface area contributed by atoms with Gasteiger partial charge in [0.2, 0.25) is 0 Å². The first-order valence-electron chi connectivity index (χ1n) is 10.0. The lowest BCUT2D eigenvalue weighted by atomic mass is 9.90. The fourth-order valence-electron chi connectivity index (χ4n) is 4.20. The minimum absolute atomic E-state index is 0.0772. The van der Waals surface area contributed by atoms with Crippen molar-refractivity contribution in [3.63, 3.8) is 0 Å². The van der Waals surface area contributed by atoms with Gasteiger partial charge < -0.3 is 4.57 Å². The molecule has 0 saturated carbocycles. The van der Waals surface area contributed by atoms with Crippen molar-refractivity contribution < 1.29 is 4.79 Å². The van der Waals surface area contributed by atoms with E-state index in [0.717, 1.165) is 55.9 Å². The Kier molecular flexibility index (Phi) is 5.83. The molecule has 0 unspecified atom stereocenters. The minimum Gasteiger partial charge on any atom is -0.327 e. The Bertz CT molecular complexity index is 964. The second-order valence-electron chi connectivity index (χ2n) is 7.43. The fourth-order valence-corrected chi connectivity index (χ4v) is 4.61. The second kappa shape index (κ2) is 8.50. The van der Waals surface area contributed by atoms with Crippen LogP contribution in [0.5, 0.6) is 0 Å². The summed E-state index contributed by atoms with van der Waals surface area (Å²) in [5.41, 5.74) is 3.09. The van der Waals surface area contributed by atoms with E-state index < -0.39 is 0 Å². The number of imidazole rings is 1. The Morgan fingerprint density at radius 1 is 1.18 bits per heavy atom. The number of aryl methyl sites for hydroxylation is 1. The van der Waals surface area contributed by atoms with Gasteiger partial charge in [-0.3, -0.25) is 9.69 Å². The number of aromatic nitrogens is 2. The van der Waals surface area contributed by atoms with Crippen molar-refractivity contribution in [3.05, 3.63) is 59.9 Å². The third-order valence-corrected chi connectivity index (χ3v) is 6.41. The van der Waals surface area contributed by atoms with Crippen LogP contribution in [0.1, 0.15) is 35.9 Å². The number of benzene rings is 2. The third kappa shape index (κ3) is 3.87. The number of hydrogen-bond donors (Lipinski definition) is 0. The molecule has 1 aliphatic heterocycles. The van der Waals surface area contributed by atoms with Crippen LogP contribution in [0.3, 0.4) is 0 Å². The largest absolute Gasteiger partial charge is 0.327 e. The van der Waals surface area contributed by atoms with Gasteiger partial charge in [0.15, 0.2) is 5.78 Å². The molecule has 1 fully saturated rings. The molecule has 2 aromatic carbocycles. The van der Waals surface area contributed by atoms with Gasteiger partial charge in [0, 0.05) is 29.5 Å². The number of para-hydroxylation sites is 2. The van der Waals surface area contributed by atoms with Crippen molar-refractivity contribution in [2.24, 2.45) is 5.92 Å². The second-order valence-corrected chi connectivity index (χ2v) is 8.31. The Balaban J connectivity index is 1.49. The number of ketones is 1. The highest BCUT2D eigenvalue weighted by molar-refractivity contribution is 7.98. The van der Waals surface area contributed by atoms with Gasteiger partial charge in [-0.25, -0.2) is 4.98 Å². The number of likely N-dealkylation sites (tertiary alicyclic amines) is 1. The van der Waals surface area contributed by atoms with Crippen LogP contribution in [-0.2, 0) is 13.1 Å². The zero-order valence-electron chi connectivity index (χ0n) is 16.6. The summed E-state index contributed by atoms with van der Waals surface area (Å²) in [5, 5.41) is 0. The molecule has 146 valence electrons. The van der Waals surface area contributed by atoms with Crippen LogP contribution in [-0.4, -0.2) is 39.6 Å². The third-order valence-electron chi connectivity index (χ3n) is 5.67. The lowest BCUT2D eigenvalue weighted by Crippen LogP contribution is -2.38. The Morgan fingerprint density at radius 2 is 1.96 bits per heavy atom. The normalized spacial score (nSPS) is 17.9. The first-order chi connectivity index (χ1) is 13.7. The maximum Gasteiger partial charge on any atom is 0.167 e. The standard InChI is InChI=1S/C23H27N3OS/c1-3-26-21-9-5-4-8-20(21)24-22(26)16-25-14-6-7-18(15-25)23(27)17-10-12-19(28-2)13-11-17/h4-5,8-13,18H,3,6-7,14-16H2,1-2H3/t18-/m0/s1. The van der Waals surface area contributed by atoms with Crippen LogP contribution < -0.4 is 0 Å². The van der Waals surface area contributed by atoms with Crippen LogP contribution in [0.4, 0.5) is 0 Å². The molecule has 0 aliphatic carbocycles. The highest BCUT2D eigenvalue weighted by Gasteiger charge is 2.27. The van der Waals surface area contributed by atoms with Crippen LogP contribution in [0.15, 0.2) is 53.4 Å². The summed E-state index contributed by atoms with van der Waals surface area (Å²) in [6.07, 6.45) is 4.09. The van der Waals surface area contributed by atoms with Gasteiger partial charge in [-0.15, -0.1) is 11.8 Å². The summed E-state index contributed by atoms with van der Waals surface area (Å²) in [4.78, 5) is 21.5. The summed E-state index contributed by atoms with van der Waals surface area (Å²) < 4.78 is 2.29. The molecule has 4 nitrogen and oxygen atoms in total. The molecule has 4 rings (SSSR count). The molecule has 0 amide bonds. The van der Waals surface area contributed by atoms with E-state index in [1.165, 1.54) is 10.4 Å². The fraction of sp³-hybridized carbons (Fsp3) is 0.391. The van der Waals surface area contributed by atoms with Gasteiger partial charge in [0.05, 0.1) is 17.6 Å². The molecule has 3 aromatic rings. The number of carbonyl (C=O) groups is 1. The number of Topliss-reactive ketones (excluding diaryl/α,β-unsaturated/α-hetero) is 1. The number of fused-ring (bicyclic) bond motifs is 1. The number of thioether (sulfide) groups is 1. The molecule has 0 bridgehead atoms. The summed E-state index contributed by atoms with van der Waals surface area (Å²) in [6.45, 7) is 5.72. The van der Waals surface area contributed by atoms with Crippen molar-refractivity contribution in [2.45, 2.75) is 37.8 Å². The van der Waals surface area contributed by atoms with Gasteiger partial charge >= 0.3 is 0 Å². The van der Waals surface area contributed by atoms with E-state index in [0.29, 0.717) is 0 Å². The molecule has 0 spiro atoms. The SMILES string of the molecule is CCn1c(CN2CCC[C@H](C(=O)c3ccc(SC)cc3)C2)nc2ccccc21. The molecular weight excluding hydrogens is 366 g/mol. The van der Waals surface area contributed by atoms with Crippen molar-refractivity contribution in [1.29, 1.82) is 0 Å². The Morgan fingerprint density at radius 3 is 2.71 bits per heavy atom. The zero-order valence-corrected chi connectivity index (χ0v) is 17.4. The zero-order chi connectivity index (χ0) is 19.5. The highest BCUT2D eigenvalue weighted by atomic mass is 32.2. The molecule has 28 heavy (non-hydrogen) atoms. The Hall–Kier alpha value is -2.11. The predicted molar refractivity (Wildman–Crippen MR) is 116 cm³/mol. The average Bonchev–Trinajstić information content (AvgIpc) is 3.10. The van der Waals surface area contributed by atoms with Crippen LogP contribution >= 0.6 is 11.8 Å². The number of rotatable bonds is 6. The predicted octanol–water partition coefficient (Wildman–Crippen LogP) is 4.87. The van der Waals surface area contributed by atoms with Crippen LogP contribution in [0, 0.1) is 5.92 Å². The van der Waals surface area contributed by atoms with Crippen molar-refractivity contribution >= 4 is 28.6 Å². The van der Waals surface area contributed by atoms with Crippen molar-refractivity contribution in [3.8, 4) is 0 Å². The van der Waals surface area contributed by atoms with Gasteiger partial charge in [-0.05, 0) is 56.8 Å². The van der Waals surface area contributed by atoms with E-state index >= 15 is 0 Å². The van der Waals surface area contributed by atoms with E-state index in [-0.39, 0.29) is 11.7 Å². The lowest BCUT2D eigenvalue weighted by Gasteiger charge is -2.31.